The molecular formula is C18H23ClN2OS. The minimum absolute atomic E-state index is 0.241. The number of ether oxygens (including phenoxy) is 1. The third-order valence-corrected chi connectivity index (χ3v) is 5.56. The summed E-state index contributed by atoms with van der Waals surface area (Å²) in [6.45, 7) is 6.81. The highest BCUT2D eigenvalue weighted by molar-refractivity contribution is 7.16. The number of halogens is 1. The van der Waals surface area contributed by atoms with Crippen LogP contribution in [0.1, 0.15) is 23.4 Å². The Balaban J connectivity index is 1.47. The minimum Gasteiger partial charge on any atom is -0.374 e. The first-order valence-corrected chi connectivity index (χ1v) is 9.26. The largest absolute Gasteiger partial charge is 0.374 e. The Labute approximate surface area is 147 Å². The highest BCUT2D eigenvalue weighted by Gasteiger charge is 2.21. The molecule has 3 rings (SSSR count). The molecule has 2 unspecified atom stereocenters. The molecular weight excluding hydrogens is 328 g/mol. The van der Waals surface area contributed by atoms with Gasteiger partial charge in [0.1, 0.15) is 0 Å². The van der Waals surface area contributed by atoms with Gasteiger partial charge in [-0.2, -0.15) is 0 Å². The molecule has 5 heteroatoms. The number of hydrogen-bond donors (Lipinski definition) is 1. The molecule has 1 aromatic heterocycles. The number of nitrogens with zero attached hydrogens (tertiary/aromatic N) is 1. The fourth-order valence-electron chi connectivity index (χ4n) is 2.86. The summed E-state index contributed by atoms with van der Waals surface area (Å²) in [5.74, 6) is 0. The van der Waals surface area contributed by atoms with Crippen molar-refractivity contribution >= 4 is 22.9 Å². The Hall–Kier alpha value is -0.910. The maximum atomic E-state index is 6.01. The molecule has 2 heterocycles. The van der Waals surface area contributed by atoms with Gasteiger partial charge in [0.05, 0.1) is 17.0 Å². The molecule has 0 bridgehead atoms. The van der Waals surface area contributed by atoms with Crippen LogP contribution in [0.15, 0.2) is 42.5 Å². The van der Waals surface area contributed by atoms with E-state index in [0.717, 1.165) is 37.1 Å². The SMILES string of the molecule is CC(NCC1CN(Cc2ccccc2)CCO1)c1ccc(Cl)s1. The maximum absolute atomic E-state index is 6.01. The van der Waals surface area contributed by atoms with Crippen LogP contribution >= 0.6 is 22.9 Å². The zero-order valence-electron chi connectivity index (χ0n) is 13.4. The van der Waals surface area contributed by atoms with Crippen LogP contribution in [0.25, 0.3) is 0 Å². The van der Waals surface area contributed by atoms with Crippen molar-refractivity contribution in [2.75, 3.05) is 26.2 Å². The second-order valence-corrected chi connectivity index (χ2v) is 7.73. The van der Waals surface area contributed by atoms with E-state index in [2.05, 4.69) is 53.5 Å². The molecule has 0 spiro atoms. The molecule has 0 amide bonds. The Kier molecular flexibility index (Phi) is 6.08. The summed E-state index contributed by atoms with van der Waals surface area (Å²) in [5.41, 5.74) is 1.36. The van der Waals surface area contributed by atoms with Crippen molar-refractivity contribution in [3.05, 3.63) is 57.2 Å². The molecule has 3 nitrogen and oxygen atoms in total. The predicted molar refractivity (Wildman–Crippen MR) is 97.2 cm³/mol. The zero-order valence-corrected chi connectivity index (χ0v) is 14.9. The Morgan fingerprint density at radius 1 is 1.30 bits per heavy atom. The van der Waals surface area contributed by atoms with Gasteiger partial charge in [-0.25, -0.2) is 0 Å². The lowest BCUT2D eigenvalue weighted by Crippen LogP contribution is -2.46. The normalized spacial score (nSPS) is 20.5. The molecule has 1 aliphatic rings. The highest BCUT2D eigenvalue weighted by atomic mass is 35.5. The molecule has 1 N–H and O–H groups in total. The molecule has 0 radical (unpaired) electrons. The van der Waals surface area contributed by atoms with Gasteiger partial charge in [-0.3, -0.25) is 4.90 Å². The first-order valence-electron chi connectivity index (χ1n) is 8.07. The van der Waals surface area contributed by atoms with Crippen molar-refractivity contribution in [3.8, 4) is 0 Å². The summed E-state index contributed by atoms with van der Waals surface area (Å²) >= 11 is 7.65. The lowest BCUT2D eigenvalue weighted by atomic mass is 10.2. The molecule has 0 aliphatic carbocycles. The van der Waals surface area contributed by atoms with Crippen LogP contribution in [0.4, 0.5) is 0 Å². The summed E-state index contributed by atoms with van der Waals surface area (Å²) in [6.07, 6.45) is 0.241. The van der Waals surface area contributed by atoms with E-state index in [1.165, 1.54) is 10.4 Å². The third kappa shape index (κ3) is 5.03. The summed E-state index contributed by atoms with van der Waals surface area (Å²) in [7, 11) is 0. The molecule has 124 valence electrons. The van der Waals surface area contributed by atoms with Crippen LogP contribution in [-0.2, 0) is 11.3 Å². The number of hydrogen-bond acceptors (Lipinski definition) is 4. The maximum Gasteiger partial charge on any atom is 0.0931 e. The summed E-state index contributed by atoms with van der Waals surface area (Å²) in [6, 6.07) is 15.0. The second kappa shape index (κ2) is 8.27. The number of thiophene rings is 1. The van der Waals surface area contributed by atoms with Gasteiger partial charge in [-0.05, 0) is 24.6 Å². The molecule has 2 atom stereocenters. The molecule has 1 fully saturated rings. The summed E-state index contributed by atoms with van der Waals surface area (Å²) in [4.78, 5) is 3.74. The monoisotopic (exact) mass is 350 g/mol. The molecule has 1 aliphatic heterocycles. The van der Waals surface area contributed by atoms with Gasteiger partial charge in [-0.15, -0.1) is 11.3 Å². The standard InChI is InChI=1S/C18H23ClN2OS/c1-14(17-7-8-18(19)23-17)20-11-16-13-21(9-10-22-16)12-15-5-3-2-4-6-15/h2-8,14,16,20H,9-13H2,1H3. The van der Waals surface area contributed by atoms with E-state index in [-0.39, 0.29) is 6.10 Å². The predicted octanol–water partition coefficient (Wildman–Crippen LogP) is 3.95. The summed E-state index contributed by atoms with van der Waals surface area (Å²) in [5, 5.41) is 3.57. The highest BCUT2D eigenvalue weighted by Crippen LogP contribution is 2.26. The van der Waals surface area contributed by atoms with Gasteiger partial charge in [-0.1, -0.05) is 41.9 Å². The van der Waals surface area contributed by atoms with Crippen LogP contribution in [0.3, 0.4) is 0 Å². The van der Waals surface area contributed by atoms with Crippen molar-refractivity contribution in [1.29, 1.82) is 0 Å². The van der Waals surface area contributed by atoms with Crippen molar-refractivity contribution in [2.24, 2.45) is 0 Å². The molecule has 2 aromatic rings. The van der Waals surface area contributed by atoms with Crippen molar-refractivity contribution < 1.29 is 4.74 Å². The van der Waals surface area contributed by atoms with Crippen LogP contribution in [0.5, 0.6) is 0 Å². The lowest BCUT2D eigenvalue weighted by molar-refractivity contribution is -0.0308. The van der Waals surface area contributed by atoms with Crippen LogP contribution in [0.2, 0.25) is 4.34 Å². The van der Waals surface area contributed by atoms with E-state index in [0.29, 0.717) is 6.04 Å². The lowest BCUT2D eigenvalue weighted by Gasteiger charge is -2.33. The van der Waals surface area contributed by atoms with Crippen molar-refractivity contribution in [2.45, 2.75) is 25.6 Å². The van der Waals surface area contributed by atoms with Crippen molar-refractivity contribution in [3.63, 3.8) is 0 Å². The minimum atomic E-state index is 0.241. The van der Waals surface area contributed by atoms with E-state index in [4.69, 9.17) is 16.3 Å². The number of rotatable bonds is 6. The smallest absolute Gasteiger partial charge is 0.0931 e. The third-order valence-electron chi connectivity index (χ3n) is 4.14. The topological polar surface area (TPSA) is 24.5 Å². The molecule has 1 saturated heterocycles. The molecule has 1 aromatic carbocycles. The fraction of sp³-hybridized carbons (Fsp3) is 0.444. The van der Waals surface area contributed by atoms with E-state index in [9.17, 15) is 0 Å². The van der Waals surface area contributed by atoms with Crippen LogP contribution in [-0.4, -0.2) is 37.2 Å². The van der Waals surface area contributed by atoms with Gasteiger partial charge in [0, 0.05) is 37.1 Å². The first-order chi connectivity index (χ1) is 11.2. The first kappa shape index (κ1) is 16.9. The molecule has 0 saturated carbocycles. The summed E-state index contributed by atoms with van der Waals surface area (Å²) < 4.78 is 6.75. The Morgan fingerprint density at radius 3 is 2.87 bits per heavy atom. The zero-order chi connectivity index (χ0) is 16.1. The average Bonchev–Trinajstić information content (AvgIpc) is 3.01. The number of benzene rings is 1. The average molecular weight is 351 g/mol. The van der Waals surface area contributed by atoms with Gasteiger partial charge in [0.2, 0.25) is 0 Å². The van der Waals surface area contributed by atoms with E-state index < -0.39 is 0 Å². The Bertz CT molecular complexity index is 604. The van der Waals surface area contributed by atoms with E-state index in [1.807, 2.05) is 6.07 Å². The van der Waals surface area contributed by atoms with E-state index >= 15 is 0 Å². The Morgan fingerprint density at radius 2 is 2.13 bits per heavy atom. The van der Waals surface area contributed by atoms with Crippen LogP contribution in [0, 0.1) is 0 Å². The van der Waals surface area contributed by atoms with Gasteiger partial charge in [0.15, 0.2) is 0 Å². The van der Waals surface area contributed by atoms with Crippen LogP contribution < -0.4 is 5.32 Å². The van der Waals surface area contributed by atoms with Gasteiger partial charge < -0.3 is 10.1 Å². The van der Waals surface area contributed by atoms with Gasteiger partial charge >= 0.3 is 0 Å². The fourth-order valence-corrected chi connectivity index (χ4v) is 3.95. The van der Waals surface area contributed by atoms with Crippen molar-refractivity contribution in [1.82, 2.24) is 10.2 Å². The number of morpholine rings is 1. The number of nitrogens with one attached hydrogen (secondary N) is 1. The van der Waals surface area contributed by atoms with E-state index in [1.54, 1.807) is 11.3 Å². The quantitative estimate of drug-likeness (QED) is 0.853. The molecule has 23 heavy (non-hydrogen) atoms. The van der Waals surface area contributed by atoms with Gasteiger partial charge in [0.25, 0.3) is 0 Å². The second-order valence-electron chi connectivity index (χ2n) is 5.99.